The van der Waals surface area contributed by atoms with Gasteiger partial charge in [0, 0.05) is 25.2 Å². The summed E-state index contributed by atoms with van der Waals surface area (Å²) in [7, 11) is 6.79. The van der Waals surface area contributed by atoms with Crippen molar-refractivity contribution in [1.29, 1.82) is 0 Å². The Hall–Kier alpha value is -2.86. The highest BCUT2D eigenvalue weighted by atomic mass is 16.5. The third-order valence-electron chi connectivity index (χ3n) is 5.28. The zero-order valence-corrected chi connectivity index (χ0v) is 16.8. The second kappa shape index (κ2) is 8.44. The maximum Gasteiger partial charge on any atom is 0.341 e. The number of ether oxygens (including phenoxy) is 2. The van der Waals surface area contributed by atoms with E-state index in [1.165, 1.54) is 14.2 Å². The smallest absolute Gasteiger partial charge is 0.341 e. The number of carbonyl (C=O) groups is 2. The van der Waals surface area contributed by atoms with Gasteiger partial charge in [-0.05, 0) is 55.4 Å². The van der Waals surface area contributed by atoms with Crippen molar-refractivity contribution < 1.29 is 19.1 Å². The van der Waals surface area contributed by atoms with E-state index in [0.29, 0.717) is 16.9 Å². The van der Waals surface area contributed by atoms with E-state index in [2.05, 4.69) is 11.9 Å². The van der Waals surface area contributed by atoms with Gasteiger partial charge >= 0.3 is 5.97 Å². The Morgan fingerprint density at radius 2 is 1.86 bits per heavy atom. The number of benzene rings is 2. The van der Waals surface area contributed by atoms with Crippen LogP contribution >= 0.6 is 0 Å². The first kappa shape index (κ1) is 19.9. The molecule has 6 nitrogen and oxygen atoms in total. The molecule has 148 valence electrons. The van der Waals surface area contributed by atoms with Crippen LogP contribution in [0, 0.1) is 0 Å². The number of carbonyl (C=O) groups excluding carboxylic acids is 2. The molecule has 1 atom stereocenters. The lowest BCUT2D eigenvalue weighted by atomic mass is 10.0. The SMILES string of the molecule is COC(=O)c1ccc(-c2cccc(C(=O)N(C)[C@@H]3CCN(C)C3)c2)cc1OC. The molecule has 0 unspecified atom stereocenters. The van der Waals surface area contributed by atoms with Gasteiger partial charge in [-0.1, -0.05) is 18.2 Å². The fourth-order valence-electron chi connectivity index (χ4n) is 3.58. The number of amides is 1. The van der Waals surface area contributed by atoms with Crippen LogP contribution in [0.1, 0.15) is 27.1 Å². The van der Waals surface area contributed by atoms with Crippen molar-refractivity contribution in [2.24, 2.45) is 0 Å². The van der Waals surface area contributed by atoms with Gasteiger partial charge in [0.15, 0.2) is 0 Å². The maximum atomic E-state index is 12.9. The first-order chi connectivity index (χ1) is 13.4. The van der Waals surface area contributed by atoms with Crippen molar-refractivity contribution >= 4 is 11.9 Å². The van der Waals surface area contributed by atoms with E-state index < -0.39 is 5.97 Å². The third-order valence-corrected chi connectivity index (χ3v) is 5.28. The number of likely N-dealkylation sites (N-methyl/N-ethyl adjacent to an activating group) is 2. The van der Waals surface area contributed by atoms with E-state index in [1.807, 2.05) is 42.3 Å². The molecule has 0 saturated carbocycles. The molecule has 3 rings (SSSR count). The van der Waals surface area contributed by atoms with Crippen LogP contribution in [0.2, 0.25) is 0 Å². The molecule has 0 aliphatic carbocycles. The first-order valence-corrected chi connectivity index (χ1v) is 9.27. The van der Waals surface area contributed by atoms with Crippen LogP contribution in [-0.4, -0.2) is 69.1 Å². The van der Waals surface area contributed by atoms with Crippen molar-refractivity contribution in [3.63, 3.8) is 0 Å². The monoisotopic (exact) mass is 382 g/mol. The van der Waals surface area contributed by atoms with E-state index >= 15 is 0 Å². The highest BCUT2D eigenvalue weighted by Gasteiger charge is 2.27. The van der Waals surface area contributed by atoms with Gasteiger partial charge in [-0.25, -0.2) is 4.79 Å². The molecule has 28 heavy (non-hydrogen) atoms. The average molecular weight is 382 g/mol. The van der Waals surface area contributed by atoms with E-state index in [-0.39, 0.29) is 11.9 Å². The average Bonchev–Trinajstić information content (AvgIpc) is 3.17. The van der Waals surface area contributed by atoms with E-state index in [4.69, 9.17) is 9.47 Å². The van der Waals surface area contributed by atoms with Crippen molar-refractivity contribution in [2.75, 3.05) is 41.4 Å². The predicted octanol–water partition coefficient (Wildman–Crippen LogP) is 2.92. The summed E-state index contributed by atoms with van der Waals surface area (Å²) in [6.07, 6.45) is 0.991. The number of rotatable bonds is 5. The fraction of sp³-hybridized carbons (Fsp3) is 0.364. The molecule has 1 aliphatic heterocycles. The molecule has 0 bridgehead atoms. The Labute approximate surface area is 165 Å². The second-order valence-corrected chi connectivity index (χ2v) is 7.11. The highest BCUT2D eigenvalue weighted by molar-refractivity contribution is 5.96. The topological polar surface area (TPSA) is 59.1 Å². The van der Waals surface area contributed by atoms with Gasteiger partial charge in [0.2, 0.25) is 0 Å². The van der Waals surface area contributed by atoms with Crippen LogP contribution in [0.15, 0.2) is 42.5 Å². The number of hydrogen-bond acceptors (Lipinski definition) is 5. The molecule has 2 aromatic carbocycles. The number of hydrogen-bond donors (Lipinski definition) is 0. The summed E-state index contributed by atoms with van der Waals surface area (Å²) in [6, 6.07) is 13.0. The van der Waals surface area contributed by atoms with Crippen molar-refractivity contribution in [2.45, 2.75) is 12.5 Å². The van der Waals surface area contributed by atoms with Crippen LogP contribution in [0.4, 0.5) is 0 Å². The quantitative estimate of drug-likeness (QED) is 0.744. The van der Waals surface area contributed by atoms with Gasteiger partial charge in [-0.3, -0.25) is 4.79 Å². The number of nitrogens with zero attached hydrogens (tertiary/aromatic N) is 2. The lowest BCUT2D eigenvalue weighted by molar-refractivity contribution is 0.0596. The summed E-state index contributed by atoms with van der Waals surface area (Å²) in [6.45, 7) is 1.91. The van der Waals surface area contributed by atoms with Gasteiger partial charge in [-0.15, -0.1) is 0 Å². The standard InChI is InChI=1S/C22H26N2O4/c1-23-11-10-18(14-23)24(2)21(25)17-7-5-6-15(12-17)16-8-9-19(22(26)28-4)20(13-16)27-3/h5-9,12-13,18H,10-11,14H2,1-4H3/t18-/m1/s1. The highest BCUT2D eigenvalue weighted by Crippen LogP contribution is 2.29. The largest absolute Gasteiger partial charge is 0.496 e. The molecular formula is C22H26N2O4. The summed E-state index contributed by atoms with van der Waals surface area (Å²) in [4.78, 5) is 28.9. The summed E-state index contributed by atoms with van der Waals surface area (Å²) < 4.78 is 10.1. The summed E-state index contributed by atoms with van der Waals surface area (Å²) >= 11 is 0. The second-order valence-electron chi connectivity index (χ2n) is 7.11. The summed E-state index contributed by atoms with van der Waals surface area (Å²) in [5, 5.41) is 0. The van der Waals surface area contributed by atoms with Crippen LogP contribution in [-0.2, 0) is 4.74 Å². The molecule has 0 N–H and O–H groups in total. The molecule has 6 heteroatoms. The minimum atomic E-state index is -0.449. The molecule has 1 amide bonds. The Morgan fingerprint density at radius 3 is 2.50 bits per heavy atom. The van der Waals surface area contributed by atoms with Gasteiger partial charge in [0.1, 0.15) is 11.3 Å². The molecule has 0 aromatic heterocycles. The molecule has 1 saturated heterocycles. The van der Waals surface area contributed by atoms with Gasteiger partial charge in [-0.2, -0.15) is 0 Å². The van der Waals surface area contributed by atoms with Crippen LogP contribution in [0.5, 0.6) is 5.75 Å². The first-order valence-electron chi connectivity index (χ1n) is 9.27. The summed E-state index contributed by atoms with van der Waals surface area (Å²) in [5.74, 6) is 0.00275. The number of likely N-dealkylation sites (tertiary alicyclic amines) is 1. The minimum absolute atomic E-state index is 0.0142. The lowest BCUT2D eigenvalue weighted by Gasteiger charge is -2.24. The van der Waals surface area contributed by atoms with Gasteiger partial charge in [0.25, 0.3) is 5.91 Å². The van der Waals surface area contributed by atoms with Gasteiger partial charge < -0.3 is 19.3 Å². The van der Waals surface area contributed by atoms with Gasteiger partial charge in [0.05, 0.1) is 14.2 Å². The number of methoxy groups -OCH3 is 2. The number of esters is 1. The zero-order chi connectivity index (χ0) is 20.3. The Morgan fingerprint density at radius 1 is 1.11 bits per heavy atom. The third kappa shape index (κ3) is 4.02. The minimum Gasteiger partial charge on any atom is -0.496 e. The molecule has 1 fully saturated rings. The molecular weight excluding hydrogens is 356 g/mol. The van der Waals surface area contributed by atoms with E-state index in [1.54, 1.807) is 12.1 Å². The van der Waals surface area contributed by atoms with E-state index in [0.717, 1.165) is 30.6 Å². The molecule has 0 spiro atoms. The molecule has 1 aliphatic rings. The Kier molecular flexibility index (Phi) is 5.99. The van der Waals surface area contributed by atoms with Crippen LogP contribution in [0.25, 0.3) is 11.1 Å². The van der Waals surface area contributed by atoms with Crippen molar-refractivity contribution in [3.05, 3.63) is 53.6 Å². The van der Waals surface area contributed by atoms with Crippen LogP contribution < -0.4 is 4.74 Å². The maximum absolute atomic E-state index is 12.9. The normalized spacial score (nSPS) is 16.6. The van der Waals surface area contributed by atoms with Crippen molar-refractivity contribution in [3.8, 4) is 16.9 Å². The molecule has 2 aromatic rings. The molecule has 0 radical (unpaired) electrons. The fourth-order valence-corrected chi connectivity index (χ4v) is 3.58. The lowest BCUT2D eigenvalue weighted by Crippen LogP contribution is -2.38. The van der Waals surface area contributed by atoms with E-state index in [9.17, 15) is 9.59 Å². The Balaban J connectivity index is 1.87. The van der Waals surface area contributed by atoms with Crippen LogP contribution in [0.3, 0.4) is 0 Å². The zero-order valence-electron chi connectivity index (χ0n) is 16.8. The molecule has 1 heterocycles. The Bertz CT molecular complexity index is 881. The predicted molar refractivity (Wildman–Crippen MR) is 108 cm³/mol. The summed E-state index contributed by atoms with van der Waals surface area (Å²) in [5.41, 5.74) is 2.76. The van der Waals surface area contributed by atoms with Crippen molar-refractivity contribution in [1.82, 2.24) is 9.80 Å².